The van der Waals surface area contributed by atoms with Gasteiger partial charge in [0.15, 0.2) is 0 Å². The predicted octanol–water partition coefficient (Wildman–Crippen LogP) is 1.95. The Morgan fingerprint density at radius 3 is 3.00 bits per heavy atom. The molecular formula is C14H23N3O. The molecule has 3 rings (SSSR count). The summed E-state index contributed by atoms with van der Waals surface area (Å²) in [4.78, 5) is 4.30. The summed E-state index contributed by atoms with van der Waals surface area (Å²) >= 11 is 0. The van der Waals surface area contributed by atoms with Crippen molar-refractivity contribution in [2.75, 3.05) is 13.7 Å². The number of hydrogen-bond donors (Lipinski definition) is 1. The van der Waals surface area contributed by atoms with E-state index in [0.29, 0.717) is 5.41 Å². The van der Waals surface area contributed by atoms with Gasteiger partial charge in [-0.15, -0.1) is 0 Å². The van der Waals surface area contributed by atoms with Crippen LogP contribution < -0.4 is 5.32 Å². The number of aromatic nitrogens is 2. The summed E-state index contributed by atoms with van der Waals surface area (Å²) in [7, 11) is 1.79. The Labute approximate surface area is 109 Å². The average molecular weight is 249 g/mol. The van der Waals surface area contributed by atoms with Crippen molar-refractivity contribution < 1.29 is 4.74 Å². The zero-order valence-electron chi connectivity index (χ0n) is 11.2. The Morgan fingerprint density at radius 2 is 2.33 bits per heavy atom. The van der Waals surface area contributed by atoms with E-state index in [1.807, 2.05) is 12.5 Å². The molecule has 2 fully saturated rings. The molecule has 18 heavy (non-hydrogen) atoms. The van der Waals surface area contributed by atoms with E-state index in [1.54, 1.807) is 7.11 Å². The van der Waals surface area contributed by atoms with E-state index < -0.39 is 0 Å². The number of rotatable bonds is 8. The maximum absolute atomic E-state index is 5.22. The van der Waals surface area contributed by atoms with Gasteiger partial charge in [-0.25, -0.2) is 4.98 Å². The first kappa shape index (κ1) is 12.2. The number of ether oxygens (including phenoxy) is 1. The Bertz CT molecular complexity index is 393. The van der Waals surface area contributed by atoms with Crippen LogP contribution in [0.15, 0.2) is 12.5 Å². The van der Waals surface area contributed by atoms with Crippen molar-refractivity contribution in [2.45, 2.75) is 51.2 Å². The zero-order valence-corrected chi connectivity index (χ0v) is 11.2. The zero-order chi connectivity index (χ0) is 12.4. The molecule has 0 bridgehead atoms. The molecule has 2 saturated carbocycles. The fourth-order valence-corrected chi connectivity index (χ4v) is 2.52. The van der Waals surface area contributed by atoms with Gasteiger partial charge in [-0.3, -0.25) is 0 Å². The highest BCUT2D eigenvalue weighted by molar-refractivity contribution is 5.03. The van der Waals surface area contributed by atoms with Crippen LogP contribution in [0.3, 0.4) is 0 Å². The van der Waals surface area contributed by atoms with Crippen molar-refractivity contribution in [3.05, 3.63) is 18.2 Å². The highest BCUT2D eigenvalue weighted by atomic mass is 16.5. The first-order valence-electron chi connectivity index (χ1n) is 7.03. The van der Waals surface area contributed by atoms with Crippen molar-refractivity contribution in [1.82, 2.24) is 14.9 Å². The summed E-state index contributed by atoms with van der Waals surface area (Å²) in [5.74, 6) is 0. The predicted molar refractivity (Wildman–Crippen MR) is 70.2 cm³/mol. The van der Waals surface area contributed by atoms with Gasteiger partial charge < -0.3 is 14.6 Å². The lowest BCUT2D eigenvalue weighted by Gasteiger charge is -2.17. The summed E-state index contributed by atoms with van der Waals surface area (Å²) in [6.45, 7) is 2.95. The van der Waals surface area contributed by atoms with Gasteiger partial charge >= 0.3 is 0 Å². The van der Waals surface area contributed by atoms with Gasteiger partial charge in [0, 0.05) is 39.0 Å². The van der Waals surface area contributed by atoms with Crippen molar-refractivity contribution >= 4 is 0 Å². The first-order valence-corrected chi connectivity index (χ1v) is 7.03. The molecule has 2 aliphatic rings. The Kier molecular flexibility index (Phi) is 3.39. The molecule has 4 nitrogen and oxygen atoms in total. The van der Waals surface area contributed by atoms with E-state index in [-0.39, 0.29) is 0 Å². The molecule has 0 aliphatic heterocycles. The molecule has 0 atom stereocenters. The fraction of sp³-hybridized carbons (Fsp3) is 0.786. The smallest absolute Gasteiger partial charge is 0.0948 e. The summed E-state index contributed by atoms with van der Waals surface area (Å²) in [6.07, 6.45) is 10.5. The van der Waals surface area contributed by atoms with Crippen molar-refractivity contribution in [1.29, 1.82) is 0 Å². The third-order valence-electron chi connectivity index (χ3n) is 4.25. The molecule has 0 saturated heterocycles. The van der Waals surface area contributed by atoms with E-state index >= 15 is 0 Å². The largest absolute Gasteiger partial charge is 0.385 e. The van der Waals surface area contributed by atoms with Crippen LogP contribution in [0.25, 0.3) is 0 Å². The molecule has 2 aliphatic carbocycles. The van der Waals surface area contributed by atoms with Gasteiger partial charge in [0.1, 0.15) is 0 Å². The quantitative estimate of drug-likeness (QED) is 0.765. The van der Waals surface area contributed by atoms with Crippen LogP contribution in [-0.4, -0.2) is 29.3 Å². The standard InChI is InChI=1S/C14H23N3O/c1-18-7-6-14(4-5-14)10-17-11-15-8-13(17)9-16-12-2-3-12/h8,11-12,16H,2-7,9-10H2,1H3. The monoisotopic (exact) mass is 249 g/mol. The molecule has 1 heterocycles. The molecule has 100 valence electrons. The maximum atomic E-state index is 5.22. The van der Waals surface area contributed by atoms with E-state index in [9.17, 15) is 0 Å². The summed E-state index contributed by atoms with van der Waals surface area (Å²) in [6, 6.07) is 0.761. The van der Waals surface area contributed by atoms with Gasteiger partial charge in [0.05, 0.1) is 12.0 Å². The third kappa shape index (κ3) is 2.93. The molecule has 0 aromatic carbocycles. The molecular weight excluding hydrogens is 226 g/mol. The highest BCUT2D eigenvalue weighted by Gasteiger charge is 2.42. The molecule has 1 aromatic heterocycles. The fourth-order valence-electron chi connectivity index (χ4n) is 2.52. The number of methoxy groups -OCH3 is 1. The van der Waals surface area contributed by atoms with Crippen molar-refractivity contribution in [3.63, 3.8) is 0 Å². The van der Waals surface area contributed by atoms with Crippen LogP contribution in [0.2, 0.25) is 0 Å². The van der Waals surface area contributed by atoms with Gasteiger partial charge in [0.25, 0.3) is 0 Å². The first-order chi connectivity index (χ1) is 8.81. The highest BCUT2D eigenvalue weighted by Crippen LogP contribution is 2.50. The summed E-state index contributed by atoms with van der Waals surface area (Å²) in [5, 5.41) is 3.56. The molecule has 0 spiro atoms. The lowest BCUT2D eigenvalue weighted by Crippen LogP contribution is -2.20. The molecule has 1 N–H and O–H groups in total. The number of nitrogens with one attached hydrogen (secondary N) is 1. The molecule has 0 amide bonds. The molecule has 1 aromatic rings. The van der Waals surface area contributed by atoms with E-state index in [2.05, 4.69) is 14.9 Å². The maximum Gasteiger partial charge on any atom is 0.0948 e. The van der Waals surface area contributed by atoms with Crippen LogP contribution in [0.1, 0.15) is 37.8 Å². The van der Waals surface area contributed by atoms with Crippen LogP contribution in [-0.2, 0) is 17.8 Å². The van der Waals surface area contributed by atoms with Crippen LogP contribution in [0, 0.1) is 5.41 Å². The second kappa shape index (κ2) is 5.02. The second-order valence-corrected chi connectivity index (χ2v) is 5.91. The third-order valence-corrected chi connectivity index (χ3v) is 4.25. The normalized spacial score (nSPS) is 21.2. The van der Waals surface area contributed by atoms with Gasteiger partial charge in [-0.05, 0) is 37.5 Å². The SMILES string of the molecule is COCCC1(Cn2cncc2CNC2CC2)CC1. The van der Waals surface area contributed by atoms with Crippen LogP contribution in [0.5, 0.6) is 0 Å². The van der Waals surface area contributed by atoms with Gasteiger partial charge in [-0.2, -0.15) is 0 Å². The van der Waals surface area contributed by atoms with Crippen molar-refractivity contribution in [2.24, 2.45) is 5.41 Å². The van der Waals surface area contributed by atoms with E-state index in [4.69, 9.17) is 4.74 Å². The Morgan fingerprint density at radius 1 is 1.50 bits per heavy atom. The number of hydrogen-bond acceptors (Lipinski definition) is 3. The molecule has 4 heteroatoms. The minimum absolute atomic E-state index is 0.491. The van der Waals surface area contributed by atoms with E-state index in [0.717, 1.165) is 25.7 Å². The molecule has 0 unspecified atom stereocenters. The van der Waals surface area contributed by atoms with E-state index in [1.165, 1.54) is 37.8 Å². The van der Waals surface area contributed by atoms with Gasteiger partial charge in [0.2, 0.25) is 0 Å². The average Bonchev–Trinajstić information content (AvgIpc) is 3.28. The van der Waals surface area contributed by atoms with Crippen molar-refractivity contribution in [3.8, 4) is 0 Å². The number of nitrogens with zero attached hydrogens (tertiary/aromatic N) is 2. The molecule has 0 radical (unpaired) electrons. The Balaban J connectivity index is 1.56. The Hall–Kier alpha value is -0.870. The summed E-state index contributed by atoms with van der Waals surface area (Å²) in [5.41, 5.74) is 1.82. The van der Waals surface area contributed by atoms with Gasteiger partial charge in [-0.1, -0.05) is 0 Å². The van der Waals surface area contributed by atoms with Crippen LogP contribution >= 0.6 is 0 Å². The number of imidazole rings is 1. The van der Waals surface area contributed by atoms with Crippen LogP contribution in [0.4, 0.5) is 0 Å². The second-order valence-electron chi connectivity index (χ2n) is 5.91. The topological polar surface area (TPSA) is 39.1 Å². The minimum Gasteiger partial charge on any atom is -0.385 e. The lowest BCUT2D eigenvalue weighted by atomic mass is 10.0. The summed E-state index contributed by atoms with van der Waals surface area (Å²) < 4.78 is 7.55. The minimum atomic E-state index is 0.491. The lowest BCUT2D eigenvalue weighted by molar-refractivity contribution is 0.166.